The van der Waals surface area contributed by atoms with Crippen LogP contribution in [-0.2, 0) is 14.3 Å². The van der Waals surface area contributed by atoms with Gasteiger partial charge in [0.25, 0.3) is 0 Å². The van der Waals surface area contributed by atoms with Gasteiger partial charge < -0.3 is 15.2 Å². The third-order valence-electron chi connectivity index (χ3n) is 4.36. The number of ether oxygens (including phenoxy) is 1. The lowest BCUT2D eigenvalue weighted by atomic mass is 9.82. The number of carbonyl (C=O) groups is 3. The number of nitrogens with one attached hydrogen (secondary N) is 1. The first-order chi connectivity index (χ1) is 11.9. The van der Waals surface area contributed by atoms with E-state index < -0.39 is 17.8 Å². The topological polar surface area (TPSA) is 92.7 Å². The Bertz CT molecular complexity index is 665. The Balaban J connectivity index is 2.06. The highest BCUT2D eigenvalue weighted by atomic mass is 16.5. The van der Waals surface area contributed by atoms with E-state index in [9.17, 15) is 14.4 Å². The maximum Gasteiger partial charge on any atom is 0.335 e. The second-order valence-corrected chi connectivity index (χ2v) is 6.18. The van der Waals surface area contributed by atoms with Crippen molar-refractivity contribution in [1.29, 1.82) is 0 Å². The average molecular weight is 345 g/mol. The molecule has 0 saturated heterocycles. The number of amides is 1. The molecule has 1 aliphatic rings. The zero-order valence-electron chi connectivity index (χ0n) is 14.4. The third-order valence-corrected chi connectivity index (χ3v) is 4.36. The van der Waals surface area contributed by atoms with Crippen LogP contribution in [0.4, 0.5) is 5.69 Å². The number of carboxylic acids is 1. The number of aromatic carboxylic acids is 1. The van der Waals surface area contributed by atoms with Crippen LogP contribution < -0.4 is 5.32 Å². The van der Waals surface area contributed by atoms with E-state index in [1.54, 1.807) is 0 Å². The van der Waals surface area contributed by atoms with Crippen molar-refractivity contribution >= 4 is 23.5 Å². The van der Waals surface area contributed by atoms with Gasteiger partial charge in [-0.25, -0.2) is 4.79 Å². The SMILES string of the molecule is CC[C@H](C)OC(=O)[C@@H]1CC=CC[C@H]1C(=O)Nc1ccc(C(=O)O)cc1. The van der Waals surface area contributed by atoms with Gasteiger partial charge in [0.2, 0.25) is 5.91 Å². The molecule has 1 amide bonds. The van der Waals surface area contributed by atoms with Crippen LogP contribution in [0, 0.1) is 11.8 Å². The van der Waals surface area contributed by atoms with Crippen LogP contribution in [0.15, 0.2) is 36.4 Å². The minimum atomic E-state index is -1.02. The lowest BCUT2D eigenvalue weighted by Gasteiger charge is -2.27. The number of allylic oxidation sites excluding steroid dienone is 2. The Morgan fingerprint density at radius 2 is 1.76 bits per heavy atom. The van der Waals surface area contributed by atoms with Crippen LogP contribution in [-0.4, -0.2) is 29.1 Å². The zero-order chi connectivity index (χ0) is 18.4. The number of esters is 1. The molecule has 134 valence electrons. The first-order valence-electron chi connectivity index (χ1n) is 8.42. The molecule has 6 nitrogen and oxygen atoms in total. The van der Waals surface area contributed by atoms with E-state index in [-0.39, 0.29) is 23.5 Å². The van der Waals surface area contributed by atoms with Gasteiger partial charge >= 0.3 is 11.9 Å². The number of benzene rings is 1. The van der Waals surface area contributed by atoms with E-state index in [1.807, 2.05) is 26.0 Å². The first kappa shape index (κ1) is 18.7. The molecular weight excluding hydrogens is 322 g/mol. The van der Waals surface area contributed by atoms with E-state index in [0.717, 1.165) is 6.42 Å². The van der Waals surface area contributed by atoms with E-state index in [1.165, 1.54) is 24.3 Å². The molecule has 0 aliphatic heterocycles. The second kappa shape index (κ2) is 8.46. The summed E-state index contributed by atoms with van der Waals surface area (Å²) in [5.41, 5.74) is 0.646. The van der Waals surface area contributed by atoms with Gasteiger partial charge in [-0.1, -0.05) is 19.1 Å². The van der Waals surface area contributed by atoms with Gasteiger partial charge in [-0.2, -0.15) is 0 Å². The van der Waals surface area contributed by atoms with E-state index in [4.69, 9.17) is 9.84 Å². The normalized spacial score (nSPS) is 20.6. The lowest BCUT2D eigenvalue weighted by molar-refractivity contribution is -0.157. The predicted molar refractivity (Wildman–Crippen MR) is 93.2 cm³/mol. The number of carbonyl (C=O) groups excluding carboxylic acids is 2. The highest BCUT2D eigenvalue weighted by Crippen LogP contribution is 2.28. The maximum atomic E-state index is 12.6. The van der Waals surface area contributed by atoms with Gasteiger partial charge in [0.1, 0.15) is 0 Å². The lowest BCUT2D eigenvalue weighted by Crippen LogP contribution is -2.36. The largest absolute Gasteiger partial charge is 0.478 e. The molecular formula is C19H23NO5. The van der Waals surface area contributed by atoms with Gasteiger partial charge in [0, 0.05) is 5.69 Å². The summed E-state index contributed by atoms with van der Waals surface area (Å²) < 4.78 is 5.39. The van der Waals surface area contributed by atoms with Gasteiger partial charge in [0.15, 0.2) is 0 Å². The molecule has 1 aliphatic carbocycles. The highest BCUT2D eigenvalue weighted by Gasteiger charge is 2.35. The van der Waals surface area contributed by atoms with Crippen molar-refractivity contribution in [2.24, 2.45) is 11.8 Å². The summed E-state index contributed by atoms with van der Waals surface area (Å²) in [6, 6.07) is 5.92. The number of carboxylic acid groups (broad SMARTS) is 1. The molecule has 0 fully saturated rings. The monoisotopic (exact) mass is 345 g/mol. The summed E-state index contributed by atoms with van der Waals surface area (Å²) in [6.07, 6.45) is 5.29. The third kappa shape index (κ3) is 4.92. The number of hydrogen-bond donors (Lipinski definition) is 2. The van der Waals surface area contributed by atoms with Crippen LogP contribution in [0.3, 0.4) is 0 Å². The molecule has 2 N–H and O–H groups in total. The Hall–Kier alpha value is -2.63. The molecule has 0 heterocycles. The molecule has 1 aromatic carbocycles. The quantitative estimate of drug-likeness (QED) is 0.610. The summed E-state index contributed by atoms with van der Waals surface area (Å²) in [5, 5.41) is 11.7. The van der Waals surface area contributed by atoms with Crippen LogP contribution in [0.1, 0.15) is 43.5 Å². The van der Waals surface area contributed by atoms with Gasteiger partial charge in [-0.15, -0.1) is 0 Å². The van der Waals surface area contributed by atoms with Gasteiger partial charge in [0.05, 0.1) is 23.5 Å². The molecule has 0 unspecified atom stereocenters. The fourth-order valence-corrected chi connectivity index (χ4v) is 2.66. The summed E-state index contributed by atoms with van der Waals surface area (Å²) in [6.45, 7) is 3.76. The first-order valence-corrected chi connectivity index (χ1v) is 8.42. The number of hydrogen-bond acceptors (Lipinski definition) is 4. The van der Waals surface area contributed by atoms with Crippen LogP contribution in [0.2, 0.25) is 0 Å². The molecule has 1 aromatic rings. The summed E-state index contributed by atoms with van der Waals surface area (Å²) >= 11 is 0. The van der Waals surface area contributed by atoms with E-state index in [2.05, 4.69) is 5.32 Å². The molecule has 0 bridgehead atoms. The van der Waals surface area contributed by atoms with Crippen LogP contribution in [0.25, 0.3) is 0 Å². The van der Waals surface area contributed by atoms with Crippen molar-refractivity contribution in [3.63, 3.8) is 0 Å². The Morgan fingerprint density at radius 1 is 1.16 bits per heavy atom. The van der Waals surface area contributed by atoms with Gasteiger partial charge in [-0.05, 0) is 50.5 Å². The van der Waals surface area contributed by atoms with Crippen molar-refractivity contribution in [3.05, 3.63) is 42.0 Å². The maximum absolute atomic E-state index is 12.6. The van der Waals surface area contributed by atoms with Gasteiger partial charge in [-0.3, -0.25) is 9.59 Å². The fraction of sp³-hybridized carbons (Fsp3) is 0.421. The molecule has 0 aromatic heterocycles. The Labute approximate surface area is 146 Å². The smallest absolute Gasteiger partial charge is 0.335 e. The number of anilines is 1. The van der Waals surface area contributed by atoms with Crippen LogP contribution in [0.5, 0.6) is 0 Å². The van der Waals surface area contributed by atoms with E-state index in [0.29, 0.717) is 18.5 Å². The van der Waals surface area contributed by atoms with Crippen molar-refractivity contribution in [2.45, 2.75) is 39.2 Å². The molecule has 2 rings (SSSR count). The Morgan fingerprint density at radius 3 is 2.32 bits per heavy atom. The van der Waals surface area contributed by atoms with Crippen molar-refractivity contribution in [2.75, 3.05) is 5.32 Å². The fourth-order valence-electron chi connectivity index (χ4n) is 2.66. The highest BCUT2D eigenvalue weighted by molar-refractivity contribution is 5.96. The zero-order valence-corrected chi connectivity index (χ0v) is 14.4. The number of rotatable bonds is 6. The standard InChI is InChI=1S/C19H23NO5/c1-3-12(2)25-19(24)16-7-5-4-6-15(16)17(21)20-14-10-8-13(9-11-14)18(22)23/h4-5,8-12,15-16H,3,6-7H2,1-2H3,(H,20,21)(H,22,23)/t12-,15+,16+/m0/s1. The predicted octanol–water partition coefficient (Wildman–Crippen LogP) is 3.25. The van der Waals surface area contributed by atoms with Crippen molar-refractivity contribution in [1.82, 2.24) is 0 Å². The van der Waals surface area contributed by atoms with E-state index >= 15 is 0 Å². The van der Waals surface area contributed by atoms with Crippen molar-refractivity contribution in [3.8, 4) is 0 Å². The average Bonchev–Trinajstić information content (AvgIpc) is 2.61. The minimum absolute atomic E-state index is 0.147. The molecule has 3 atom stereocenters. The minimum Gasteiger partial charge on any atom is -0.478 e. The summed E-state index contributed by atoms with van der Waals surface area (Å²) in [4.78, 5) is 35.8. The summed E-state index contributed by atoms with van der Waals surface area (Å²) in [7, 11) is 0. The molecule has 0 radical (unpaired) electrons. The van der Waals surface area contributed by atoms with Crippen molar-refractivity contribution < 1.29 is 24.2 Å². The molecule has 6 heteroatoms. The second-order valence-electron chi connectivity index (χ2n) is 6.18. The molecule has 0 saturated carbocycles. The molecule has 0 spiro atoms. The Kier molecular flexibility index (Phi) is 6.33. The van der Waals surface area contributed by atoms with Crippen LogP contribution >= 0.6 is 0 Å². The summed E-state index contributed by atoms with van der Waals surface area (Å²) in [5.74, 6) is -2.64. The molecule has 25 heavy (non-hydrogen) atoms.